The summed E-state index contributed by atoms with van der Waals surface area (Å²) >= 11 is 29.2. The van der Waals surface area contributed by atoms with Crippen LogP contribution in [0.25, 0.3) is 5.69 Å². The van der Waals surface area contributed by atoms with Crippen LogP contribution in [-0.2, 0) is 47.8 Å². The van der Waals surface area contributed by atoms with Gasteiger partial charge in [-0.1, -0.05) is 77.4 Å². The fraction of sp³-hybridized carbons (Fsp3) is 0.465. The molecule has 1 atom stereocenters. The molecule has 67 heavy (non-hydrogen) atoms. The van der Waals surface area contributed by atoms with Crippen LogP contribution in [0.1, 0.15) is 69.4 Å². The Labute approximate surface area is 413 Å². The Morgan fingerprint density at radius 1 is 1.12 bits per heavy atom. The van der Waals surface area contributed by atoms with Crippen molar-refractivity contribution in [3.8, 4) is 23.8 Å². The number of hydrogen-bond acceptors (Lipinski definition) is 11. The molecule has 1 saturated heterocycles. The molecule has 0 aliphatic carbocycles. The average molecular weight is 1060 g/mol. The number of benzene rings is 2. The number of aryl methyl sites for hydroxylation is 3. The number of carboxylic acids is 1. The summed E-state index contributed by atoms with van der Waals surface area (Å²) in [5.41, 5.74) is 2.61. The van der Waals surface area contributed by atoms with Crippen molar-refractivity contribution in [2.24, 2.45) is 0 Å². The number of aromatic nitrogens is 3. The zero-order valence-corrected chi connectivity index (χ0v) is 42.1. The van der Waals surface area contributed by atoms with Gasteiger partial charge in [0.2, 0.25) is 5.91 Å². The lowest BCUT2D eigenvalue weighted by Gasteiger charge is -2.29. The number of nitrogens with zero attached hydrogens (tertiary/aromatic N) is 5. The van der Waals surface area contributed by atoms with Gasteiger partial charge >= 0.3 is 19.3 Å². The van der Waals surface area contributed by atoms with Gasteiger partial charge in [0.15, 0.2) is 4.84 Å². The number of alkyl halides is 3. The van der Waals surface area contributed by atoms with Crippen molar-refractivity contribution in [3.63, 3.8) is 0 Å². The van der Waals surface area contributed by atoms with Crippen LogP contribution in [-0.4, -0.2) is 108 Å². The summed E-state index contributed by atoms with van der Waals surface area (Å²) in [5.74, 6) is 2.53. The van der Waals surface area contributed by atoms with Gasteiger partial charge < -0.3 is 38.4 Å². The quantitative estimate of drug-likeness (QED) is 0.0396. The number of aliphatic carboxylic acids is 1. The van der Waals surface area contributed by atoms with E-state index in [1.54, 1.807) is 41.7 Å². The summed E-state index contributed by atoms with van der Waals surface area (Å²) in [6.45, 7) is 11.1. The van der Waals surface area contributed by atoms with Crippen LogP contribution in [0.5, 0.6) is 5.75 Å². The van der Waals surface area contributed by atoms with Crippen molar-refractivity contribution in [2.45, 2.75) is 83.5 Å². The van der Waals surface area contributed by atoms with Gasteiger partial charge in [-0.25, -0.2) is 4.79 Å². The minimum absolute atomic E-state index is 0.0371. The number of halogens is 5. The maximum atomic E-state index is 12.5. The molecule has 6 rings (SSSR count). The molecule has 0 radical (unpaired) electrons. The van der Waals surface area contributed by atoms with Crippen LogP contribution >= 0.6 is 65.6 Å². The topological polar surface area (TPSA) is 228 Å². The predicted octanol–water partition coefficient (Wildman–Crippen LogP) is 7.33. The number of carboxylic acid groups (broad SMARTS) is 1. The van der Waals surface area contributed by atoms with Gasteiger partial charge in [-0.15, -0.1) is 23.1 Å². The molecule has 0 bridgehead atoms. The van der Waals surface area contributed by atoms with Crippen LogP contribution in [0, 0.1) is 19.3 Å². The summed E-state index contributed by atoms with van der Waals surface area (Å²) in [7, 11) is -4.10. The molecule has 0 saturated carbocycles. The zero-order chi connectivity index (χ0) is 50.1. The maximum absolute atomic E-state index is 12.5. The first-order valence-electron chi connectivity index (χ1n) is 20.6. The van der Waals surface area contributed by atoms with Crippen molar-refractivity contribution < 1.29 is 52.5 Å². The van der Waals surface area contributed by atoms with Crippen LogP contribution in [0.3, 0.4) is 0 Å². The number of furan rings is 1. The molecule has 1 unspecified atom stereocenters. The van der Waals surface area contributed by atoms with E-state index in [9.17, 15) is 23.7 Å². The summed E-state index contributed by atoms with van der Waals surface area (Å²) in [6, 6.07) is 12.7. The molecule has 0 spiro atoms. The van der Waals surface area contributed by atoms with Gasteiger partial charge in [0.25, 0.3) is 5.91 Å². The molecule has 2 aliphatic rings. The molecular formula is C43H54Cl5N6O12P. The van der Waals surface area contributed by atoms with E-state index < -0.39 is 37.0 Å². The molecule has 368 valence electrons. The van der Waals surface area contributed by atoms with E-state index in [-0.39, 0.29) is 42.8 Å². The number of carbonyl (C=O) groups is 3. The number of carbonyl (C=O) groups excluding carboxylic acids is 2. The van der Waals surface area contributed by atoms with Gasteiger partial charge in [-0.3, -0.25) is 33.7 Å². The molecule has 2 aromatic carbocycles. The van der Waals surface area contributed by atoms with E-state index in [0.29, 0.717) is 46.9 Å². The Kier molecular flexibility index (Phi) is 23.2. The average Bonchev–Trinajstić information content (AvgIpc) is 4.01. The molecule has 2 amide bonds. The van der Waals surface area contributed by atoms with Crippen LogP contribution in [0.2, 0.25) is 10.0 Å². The van der Waals surface area contributed by atoms with E-state index in [0.717, 1.165) is 48.3 Å². The number of ether oxygens (including phenoxy) is 3. The second kappa shape index (κ2) is 27.2. The van der Waals surface area contributed by atoms with Crippen LogP contribution in [0.15, 0.2) is 57.9 Å². The van der Waals surface area contributed by atoms with Gasteiger partial charge in [0.1, 0.15) is 48.4 Å². The first-order chi connectivity index (χ1) is 31.6. The number of amides is 2. The Bertz CT molecular complexity index is 2420. The second-order valence-electron chi connectivity index (χ2n) is 14.9. The van der Waals surface area contributed by atoms with Gasteiger partial charge in [0, 0.05) is 25.6 Å². The lowest BCUT2D eigenvalue weighted by molar-refractivity contribution is -0.144. The summed E-state index contributed by atoms with van der Waals surface area (Å²) in [5, 5.41) is 15.1. The van der Waals surface area contributed by atoms with E-state index in [1.165, 1.54) is 15.6 Å². The normalized spacial score (nSPS) is 14.9. The minimum Gasteiger partial charge on any atom is -0.480 e. The second-order valence-corrected chi connectivity index (χ2v) is 18.7. The fourth-order valence-electron chi connectivity index (χ4n) is 6.61. The van der Waals surface area contributed by atoms with Crippen LogP contribution < -0.4 is 20.6 Å². The molecule has 18 nitrogen and oxygen atoms in total. The highest BCUT2D eigenvalue weighted by molar-refractivity contribution is 7.51. The monoisotopic (exact) mass is 1050 g/mol. The van der Waals surface area contributed by atoms with Crippen LogP contribution in [0.4, 0.5) is 5.69 Å². The summed E-state index contributed by atoms with van der Waals surface area (Å²) < 4.78 is 34.8. The van der Waals surface area contributed by atoms with Crippen molar-refractivity contribution in [1.82, 2.24) is 24.6 Å². The van der Waals surface area contributed by atoms with Gasteiger partial charge in [-0.2, -0.15) is 4.68 Å². The van der Waals surface area contributed by atoms with E-state index in [1.807, 2.05) is 38.1 Å². The highest BCUT2D eigenvalue weighted by Crippen LogP contribution is 2.37. The maximum Gasteiger partial charge on any atom is 0.350 e. The third kappa shape index (κ3) is 17.1. The predicted molar refractivity (Wildman–Crippen MR) is 257 cm³/mol. The lowest BCUT2D eigenvalue weighted by atomic mass is 10.0. The van der Waals surface area contributed by atoms with Crippen molar-refractivity contribution in [3.05, 3.63) is 92.0 Å². The molecule has 4 N–H and O–H groups in total. The van der Waals surface area contributed by atoms with E-state index in [4.69, 9.17) is 97.9 Å². The Hall–Kier alpha value is -4.09. The smallest absolute Gasteiger partial charge is 0.350 e. The molecule has 1 fully saturated rings. The third-order valence-electron chi connectivity index (χ3n) is 9.66. The fourth-order valence-corrected chi connectivity index (χ4v) is 7.91. The van der Waals surface area contributed by atoms with Crippen molar-refractivity contribution in [1.29, 1.82) is 0 Å². The first kappa shape index (κ1) is 57.2. The minimum atomic E-state index is -4.10. The lowest BCUT2D eigenvalue weighted by Crippen LogP contribution is -2.45. The Morgan fingerprint density at radius 3 is 2.40 bits per heavy atom. The SMILES string of the molecule is C#CCOc1cc(-n2nc3n(c2=O)CCCC3)c(Cl)cc1Cl.CC1(C)OC(c2ccco2)CN1C(=O)C(Cl)Cl.CCOCN(C(=O)CCl)c1c(C)cccc1CC.O=C(O)CNCP(=O)(O)O. The van der Waals surface area contributed by atoms with Crippen molar-refractivity contribution >= 4 is 89.1 Å². The summed E-state index contributed by atoms with van der Waals surface area (Å²) in [6.07, 6.45) is 9.53. The number of anilines is 1. The number of nitrogens with one attached hydrogen (secondary N) is 1. The standard InChI is InChI=1S/C15H13Cl2N3O2.C14H20ClNO2.C11H13Cl2NO3.C3H8NO5P/c1-2-7-22-13-9-12(10(16)8-11(13)17)20-15(21)19-6-4-3-5-14(19)18-20;1-4-12-8-6-7-11(3)14(12)16(10-18-5-2)13(17)9-15;1-11(2)14(10(15)9(12)13)6-8(17-11)7-4-3-5-16-7;5-3(6)1-4-2-10(7,8)9/h1,8-9H,3-7H2;6-8H,4-5,9-10H2,1-3H3;3-5,8-9H,6H2,1-2H3;4H,1-2H2,(H,5,6)(H2,7,8,9). The zero-order valence-electron chi connectivity index (χ0n) is 37.4. The molecule has 2 aromatic heterocycles. The van der Waals surface area contributed by atoms with Gasteiger partial charge in [-0.05, 0) is 76.3 Å². The Morgan fingerprint density at radius 2 is 1.84 bits per heavy atom. The largest absolute Gasteiger partial charge is 0.480 e. The third-order valence-corrected chi connectivity index (χ3v) is 11.5. The van der Waals surface area contributed by atoms with E-state index in [2.05, 4.69) is 23.3 Å². The summed E-state index contributed by atoms with van der Waals surface area (Å²) in [4.78, 5) is 64.5. The molecule has 2 aliphatic heterocycles. The number of fused-ring (bicyclic) bond motifs is 1. The molecule has 24 heteroatoms. The molecular weight excluding hydrogens is 1000 g/mol. The highest BCUT2D eigenvalue weighted by atomic mass is 35.5. The van der Waals surface area contributed by atoms with Crippen molar-refractivity contribution in [2.75, 3.05) is 50.1 Å². The number of hydrogen-bond donors (Lipinski definition) is 4. The number of rotatable bonds is 15. The van der Waals surface area contributed by atoms with Gasteiger partial charge in [0.05, 0.1) is 47.1 Å². The Balaban J connectivity index is 0.000000245. The highest BCUT2D eigenvalue weighted by Gasteiger charge is 2.45. The first-order valence-corrected chi connectivity index (χ1v) is 24.6. The number of terminal acetylenes is 1. The molecule has 4 aromatic rings. The van der Waals surface area contributed by atoms with E-state index >= 15 is 0 Å². The molecule has 4 heterocycles. The number of para-hydroxylation sites is 1.